The number of rotatable bonds is 8. The fraction of sp³-hybridized carbons (Fsp3) is 0.250. The number of nitrogens with zero attached hydrogens (tertiary/aromatic N) is 1. The molecule has 2 aromatic carbocycles. The van der Waals surface area contributed by atoms with Crippen LogP contribution in [0.2, 0.25) is 0 Å². The molecule has 0 radical (unpaired) electrons. The third kappa shape index (κ3) is 6.23. The van der Waals surface area contributed by atoms with E-state index in [1.165, 1.54) is 19.2 Å². The average Bonchev–Trinajstić information content (AvgIpc) is 2.78. The predicted molar refractivity (Wildman–Crippen MR) is 115 cm³/mol. The van der Waals surface area contributed by atoms with Crippen molar-refractivity contribution in [1.82, 2.24) is 4.98 Å². The zero-order valence-electron chi connectivity index (χ0n) is 17.6. The Bertz CT molecular complexity index is 1040. The lowest BCUT2D eigenvalue weighted by Crippen LogP contribution is -2.14. The molecule has 1 N–H and O–H groups in total. The molecule has 168 valence electrons. The molecule has 0 fully saturated rings. The number of anilines is 1. The number of alkyl halides is 3. The maximum absolute atomic E-state index is 12.7. The Kier molecular flexibility index (Phi) is 7.35. The molecule has 0 saturated carbocycles. The summed E-state index contributed by atoms with van der Waals surface area (Å²) in [5.41, 5.74) is 1.40. The highest BCUT2D eigenvalue weighted by molar-refractivity contribution is 5.91. The summed E-state index contributed by atoms with van der Waals surface area (Å²) in [5, 5.41) is 2.80. The molecule has 3 rings (SSSR count). The number of halogens is 3. The van der Waals surface area contributed by atoms with E-state index in [9.17, 15) is 18.0 Å². The second-order valence-electron chi connectivity index (χ2n) is 7.28. The topological polar surface area (TPSA) is 60.5 Å². The zero-order valence-corrected chi connectivity index (χ0v) is 17.6. The van der Waals surface area contributed by atoms with Crippen LogP contribution in [0.3, 0.4) is 0 Å². The van der Waals surface area contributed by atoms with Crippen molar-refractivity contribution < 1.29 is 27.4 Å². The number of carbonyl (C=O) groups excluding carboxylic acids is 1. The third-order valence-electron chi connectivity index (χ3n) is 4.89. The summed E-state index contributed by atoms with van der Waals surface area (Å²) in [6.07, 6.45) is -0.926. The van der Waals surface area contributed by atoms with Gasteiger partial charge in [-0.25, -0.2) is 0 Å². The molecule has 1 unspecified atom stereocenters. The number of ether oxygens (including phenoxy) is 2. The van der Waals surface area contributed by atoms with Gasteiger partial charge in [0.05, 0.1) is 12.7 Å². The Labute approximate surface area is 184 Å². The standard InChI is InChI=1S/C24H23F3N2O3/c1-16(18-3-5-19(6-4-18)24(25,26)27)13-23(30)29-20-7-8-21(31-2)22(14-20)32-15-17-9-11-28-12-10-17/h3-12,14,16H,13,15H2,1-2H3,(H,29,30). The molecule has 8 heteroatoms. The molecule has 32 heavy (non-hydrogen) atoms. The van der Waals surface area contributed by atoms with E-state index in [1.807, 2.05) is 12.1 Å². The normalized spacial score (nSPS) is 12.2. The summed E-state index contributed by atoms with van der Waals surface area (Å²) in [7, 11) is 1.53. The van der Waals surface area contributed by atoms with Crippen molar-refractivity contribution in [3.63, 3.8) is 0 Å². The van der Waals surface area contributed by atoms with E-state index >= 15 is 0 Å². The monoisotopic (exact) mass is 444 g/mol. The Morgan fingerprint density at radius 1 is 1.03 bits per heavy atom. The SMILES string of the molecule is COc1ccc(NC(=O)CC(C)c2ccc(C(F)(F)F)cc2)cc1OCc1ccncc1. The minimum Gasteiger partial charge on any atom is -0.493 e. The van der Waals surface area contributed by atoms with E-state index in [4.69, 9.17) is 9.47 Å². The smallest absolute Gasteiger partial charge is 0.416 e. The van der Waals surface area contributed by atoms with Gasteiger partial charge in [-0.15, -0.1) is 0 Å². The summed E-state index contributed by atoms with van der Waals surface area (Å²) in [6.45, 7) is 2.10. The molecule has 3 aromatic rings. The van der Waals surface area contributed by atoms with Crippen LogP contribution < -0.4 is 14.8 Å². The first-order chi connectivity index (χ1) is 15.3. The minimum absolute atomic E-state index is 0.116. The van der Waals surface area contributed by atoms with Crippen LogP contribution in [0.15, 0.2) is 67.0 Å². The number of methoxy groups -OCH3 is 1. The van der Waals surface area contributed by atoms with Gasteiger partial charge >= 0.3 is 6.18 Å². The van der Waals surface area contributed by atoms with Crippen LogP contribution in [0.5, 0.6) is 11.5 Å². The third-order valence-corrected chi connectivity index (χ3v) is 4.89. The molecule has 1 aromatic heterocycles. The van der Waals surface area contributed by atoms with Crippen molar-refractivity contribution >= 4 is 11.6 Å². The van der Waals surface area contributed by atoms with Gasteiger partial charge < -0.3 is 14.8 Å². The highest BCUT2D eigenvalue weighted by atomic mass is 19.4. The highest BCUT2D eigenvalue weighted by Crippen LogP contribution is 2.32. The number of hydrogen-bond donors (Lipinski definition) is 1. The first kappa shape index (κ1) is 23.1. The van der Waals surface area contributed by atoms with Crippen molar-refractivity contribution in [2.75, 3.05) is 12.4 Å². The summed E-state index contributed by atoms with van der Waals surface area (Å²) in [6, 6.07) is 13.6. The summed E-state index contributed by atoms with van der Waals surface area (Å²) >= 11 is 0. The highest BCUT2D eigenvalue weighted by Gasteiger charge is 2.30. The fourth-order valence-corrected chi connectivity index (χ4v) is 3.12. The van der Waals surface area contributed by atoms with E-state index in [0.29, 0.717) is 29.4 Å². The van der Waals surface area contributed by atoms with Crippen LogP contribution in [-0.2, 0) is 17.6 Å². The predicted octanol–water partition coefficient (Wildman–Crippen LogP) is 5.82. The summed E-state index contributed by atoms with van der Waals surface area (Å²) < 4.78 is 49.3. The summed E-state index contributed by atoms with van der Waals surface area (Å²) in [5.74, 6) is 0.480. The van der Waals surface area contributed by atoms with Gasteiger partial charge in [0.15, 0.2) is 11.5 Å². The van der Waals surface area contributed by atoms with Gasteiger partial charge in [-0.1, -0.05) is 19.1 Å². The van der Waals surface area contributed by atoms with E-state index < -0.39 is 11.7 Å². The van der Waals surface area contributed by atoms with Crippen LogP contribution in [0.4, 0.5) is 18.9 Å². The number of amides is 1. The van der Waals surface area contributed by atoms with Crippen LogP contribution >= 0.6 is 0 Å². The molecule has 0 aliphatic rings. The zero-order chi connectivity index (χ0) is 23.1. The van der Waals surface area contributed by atoms with Gasteiger partial charge in [0, 0.05) is 30.6 Å². The van der Waals surface area contributed by atoms with Crippen molar-refractivity contribution in [3.8, 4) is 11.5 Å². The van der Waals surface area contributed by atoms with E-state index in [1.54, 1.807) is 37.5 Å². The largest absolute Gasteiger partial charge is 0.493 e. The molecule has 0 aliphatic carbocycles. The van der Waals surface area contributed by atoms with Gasteiger partial charge in [0.25, 0.3) is 0 Å². The first-order valence-electron chi connectivity index (χ1n) is 9.93. The maximum Gasteiger partial charge on any atom is 0.416 e. The minimum atomic E-state index is -4.38. The lowest BCUT2D eigenvalue weighted by Gasteiger charge is -2.15. The summed E-state index contributed by atoms with van der Waals surface area (Å²) in [4.78, 5) is 16.5. The lowest BCUT2D eigenvalue weighted by molar-refractivity contribution is -0.137. The number of aromatic nitrogens is 1. The van der Waals surface area contributed by atoms with Crippen molar-refractivity contribution in [2.24, 2.45) is 0 Å². The van der Waals surface area contributed by atoms with Crippen LogP contribution in [-0.4, -0.2) is 18.0 Å². The van der Waals surface area contributed by atoms with Crippen molar-refractivity contribution in [2.45, 2.75) is 32.0 Å². The lowest BCUT2D eigenvalue weighted by atomic mass is 9.96. The van der Waals surface area contributed by atoms with E-state index in [2.05, 4.69) is 10.3 Å². The Hall–Kier alpha value is -3.55. The van der Waals surface area contributed by atoms with Crippen molar-refractivity contribution in [1.29, 1.82) is 0 Å². The van der Waals surface area contributed by atoms with E-state index in [-0.39, 0.29) is 18.2 Å². The number of benzene rings is 2. The molecule has 0 bridgehead atoms. The molecule has 1 amide bonds. The Balaban J connectivity index is 1.62. The van der Waals surface area contributed by atoms with Crippen LogP contribution in [0.25, 0.3) is 0 Å². The quantitative estimate of drug-likeness (QED) is 0.476. The van der Waals surface area contributed by atoms with E-state index in [0.717, 1.165) is 17.7 Å². The maximum atomic E-state index is 12.7. The van der Waals surface area contributed by atoms with Gasteiger partial charge in [-0.3, -0.25) is 9.78 Å². The number of carbonyl (C=O) groups is 1. The van der Waals surface area contributed by atoms with Gasteiger partial charge in [0.2, 0.25) is 5.91 Å². The number of nitrogens with one attached hydrogen (secondary N) is 1. The number of pyridine rings is 1. The second-order valence-corrected chi connectivity index (χ2v) is 7.28. The second kappa shape index (κ2) is 10.2. The van der Waals surface area contributed by atoms with Gasteiger partial charge in [-0.2, -0.15) is 13.2 Å². The molecule has 0 saturated heterocycles. The molecular weight excluding hydrogens is 421 g/mol. The molecule has 1 atom stereocenters. The average molecular weight is 444 g/mol. The molecule has 1 heterocycles. The Morgan fingerprint density at radius 2 is 1.72 bits per heavy atom. The molecule has 0 spiro atoms. The first-order valence-corrected chi connectivity index (χ1v) is 9.93. The Morgan fingerprint density at radius 3 is 2.34 bits per heavy atom. The van der Waals surface area contributed by atoms with Crippen LogP contribution in [0, 0.1) is 0 Å². The van der Waals surface area contributed by atoms with Gasteiger partial charge in [0.1, 0.15) is 6.61 Å². The number of hydrogen-bond acceptors (Lipinski definition) is 4. The van der Waals surface area contributed by atoms with Crippen LogP contribution in [0.1, 0.15) is 36.0 Å². The van der Waals surface area contributed by atoms with Crippen molar-refractivity contribution in [3.05, 3.63) is 83.7 Å². The molecular formula is C24H23F3N2O3. The molecule has 5 nitrogen and oxygen atoms in total. The van der Waals surface area contributed by atoms with Gasteiger partial charge in [-0.05, 0) is 53.4 Å². The molecule has 0 aliphatic heterocycles. The fourth-order valence-electron chi connectivity index (χ4n) is 3.12.